The Morgan fingerprint density at radius 2 is 1.60 bits per heavy atom. The minimum atomic E-state index is -1.01. The molecule has 0 heterocycles. The van der Waals surface area contributed by atoms with Gasteiger partial charge < -0.3 is 11.1 Å². The van der Waals surface area contributed by atoms with Crippen LogP contribution in [0.25, 0.3) is 0 Å². The van der Waals surface area contributed by atoms with Crippen molar-refractivity contribution in [2.75, 3.05) is 11.1 Å². The van der Waals surface area contributed by atoms with Gasteiger partial charge in [-0.1, -0.05) is 32.0 Å². The maximum absolute atomic E-state index is 12.2. The van der Waals surface area contributed by atoms with Gasteiger partial charge in [0.25, 0.3) is 5.91 Å². The maximum Gasteiger partial charge on any atom is 0.316 e. The standard InChI is InChI=1S/C19H21N3O3/c1-11(2)15-6-4-5-12(3)16(15)21-18(24)19(25)22-17(23)13-7-9-14(20)10-8-13/h4-11H,20H2,1-3H3,(H,21,24)(H,22,23,25). The molecule has 0 aliphatic rings. The van der Waals surface area contributed by atoms with Gasteiger partial charge in [0, 0.05) is 16.9 Å². The van der Waals surface area contributed by atoms with Crippen LogP contribution >= 0.6 is 0 Å². The third kappa shape index (κ3) is 4.44. The number of nitrogens with two attached hydrogens (primary N) is 1. The van der Waals surface area contributed by atoms with Crippen LogP contribution in [0.1, 0.15) is 41.3 Å². The van der Waals surface area contributed by atoms with Crippen LogP contribution in [0.3, 0.4) is 0 Å². The minimum Gasteiger partial charge on any atom is -0.399 e. The van der Waals surface area contributed by atoms with Crippen molar-refractivity contribution in [3.05, 3.63) is 59.2 Å². The SMILES string of the molecule is Cc1cccc(C(C)C)c1NC(=O)C(=O)NC(=O)c1ccc(N)cc1. The van der Waals surface area contributed by atoms with E-state index in [1.54, 1.807) is 12.1 Å². The Morgan fingerprint density at radius 3 is 2.20 bits per heavy atom. The highest BCUT2D eigenvalue weighted by molar-refractivity contribution is 6.42. The molecular formula is C19H21N3O3. The van der Waals surface area contributed by atoms with E-state index in [1.807, 2.05) is 39.0 Å². The summed E-state index contributed by atoms with van der Waals surface area (Å²) in [6.45, 7) is 5.84. The van der Waals surface area contributed by atoms with Crippen molar-refractivity contribution in [3.63, 3.8) is 0 Å². The summed E-state index contributed by atoms with van der Waals surface area (Å²) in [5, 5.41) is 4.68. The molecule has 0 spiro atoms. The van der Waals surface area contributed by atoms with Crippen molar-refractivity contribution >= 4 is 29.1 Å². The molecule has 0 saturated carbocycles. The maximum atomic E-state index is 12.2. The summed E-state index contributed by atoms with van der Waals surface area (Å²) in [4.78, 5) is 36.2. The average Bonchev–Trinajstić information content (AvgIpc) is 2.56. The van der Waals surface area contributed by atoms with Gasteiger partial charge in [0.05, 0.1) is 0 Å². The van der Waals surface area contributed by atoms with Crippen LogP contribution in [0.5, 0.6) is 0 Å². The number of rotatable bonds is 3. The van der Waals surface area contributed by atoms with Crippen molar-refractivity contribution in [3.8, 4) is 0 Å². The summed E-state index contributed by atoms with van der Waals surface area (Å²) in [5.74, 6) is -2.39. The van der Waals surface area contributed by atoms with Crippen LogP contribution in [-0.4, -0.2) is 17.7 Å². The summed E-state index contributed by atoms with van der Waals surface area (Å²) in [6.07, 6.45) is 0. The molecule has 2 aromatic carbocycles. The molecule has 6 heteroatoms. The van der Waals surface area contributed by atoms with Gasteiger partial charge in [0.2, 0.25) is 0 Å². The Hall–Kier alpha value is -3.15. The molecule has 0 aliphatic carbocycles. The fraction of sp³-hybridized carbons (Fsp3) is 0.211. The van der Waals surface area contributed by atoms with Crippen molar-refractivity contribution in [2.45, 2.75) is 26.7 Å². The molecule has 0 bridgehead atoms. The van der Waals surface area contributed by atoms with Crippen molar-refractivity contribution in [1.82, 2.24) is 5.32 Å². The molecule has 0 saturated heterocycles. The molecule has 2 rings (SSSR count). The van der Waals surface area contributed by atoms with E-state index in [4.69, 9.17) is 5.73 Å². The van der Waals surface area contributed by atoms with Gasteiger partial charge in [-0.05, 0) is 48.2 Å². The lowest BCUT2D eigenvalue weighted by Gasteiger charge is -2.16. The van der Waals surface area contributed by atoms with Crippen LogP contribution in [0.4, 0.5) is 11.4 Å². The van der Waals surface area contributed by atoms with E-state index in [1.165, 1.54) is 12.1 Å². The lowest BCUT2D eigenvalue weighted by atomic mass is 9.98. The van der Waals surface area contributed by atoms with E-state index < -0.39 is 17.7 Å². The Morgan fingerprint density at radius 1 is 0.960 bits per heavy atom. The average molecular weight is 339 g/mol. The number of hydrogen-bond acceptors (Lipinski definition) is 4. The number of imide groups is 1. The first-order valence-electron chi connectivity index (χ1n) is 7.91. The van der Waals surface area contributed by atoms with Crippen LogP contribution < -0.4 is 16.4 Å². The monoisotopic (exact) mass is 339 g/mol. The molecule has 0 unspecified atom stereocenters. The quantitative estimate of drug-likeness (QED) is 0.591. The highest BCUT2D eigenvalue weighted by atomic mass is 16.2. The van der Waals surface area contributed by atoms with Gasteiger partial charge in [-0.15, -0.1) is 0 Å². The number of nitrogen functional groups attached to an aromatic ring is 1. The zero-order chi connectivity index (χ0) is 18.6. The van der Waals surface area contributed by atoms with Crippen LogP contribution in [-0.2, 0) is 9.59 Å². The number of anilines is 2. The van der Waals surface area contributed by atoms with Gasteiger partial charge >= 0.3 is 11.8 Å². The van der Waals surface area contributed by atoms with Gasteiger partial charge in [-0.3, -0.25) is 19.7 Å². The molecule has 3 amide bonds. The minimum absolute atomic E-state index is 0.176. The van der Waals surface area contributed by atoms with Crippen LogP contribution in [0.15, 0.2) is 42.5 Å². The fourth-order valence-electron chi connectivity index (χ4n) is 2.38. The molecular weight excluding hydrogens is 318 g/mol. The van der Waals surface area contributed by atoms with E-state index >= 15 is 0 Å². The summed E-state index contributed by atoms with van der Waals surface area (Å²) in [7, 11) is 0. The first-order chi connectivity index (χ1) is 11.8. The smallest absolute Gasteiger partial charge is 0.316 e. The second kappa shape index (κ2) is 7.61. The number of nitrogens with one attached hydrogen (secondary N) is 2. The topological polar surface area (TPSA) is 101 Å². The van der Waals surface area contributed by atoms with E-state index in [9.17, 15) is 14.4 Å². The number of carbonyl (C=O) groups excluding carboxylic acids is 3. The third-order valence-corrected chi connectivity index (χ3v) is 3.77. The van der Waals surface area contributed by atoms with Crippen LogP contribution in [0.2, 0.25) is 0 Å². The first-order valence-corrected chi connectivity index (χ1v) is 7.91. The normalized spacial score (nSPS) is 10.4. The van der Waals surface area contributed by atoms with Gasteiger partial charge in [-0.25, -0.2) is 0 Å². The third-order valence-electron chi connectivity index (χ3n) is 3.77. The first kappa shape index (κ1) is 18.2. The number of aryl methyl sites for hydroxylation is 1. The Kier molecular flexibility index (Phi) is 5.54. The van der Waals surface area contributed by atoms with E-state index in [2.05, 4.69) is 10.6 Å². The zero-order valence-electron chi connectivity index (χ0n) is 14.4. The van der Waals surface area contributed by atoms with Gasteiger partial charge in [-0.2, -0.15) is 0 Å². The largest absolute Gasteiger partial charge is 0.399 e. The molecule has 0 fully saturated rings. The number of amides is 3. The molecule has 0 atom stereocenters. The summed E-state index contributed by atoms with van der Waals surface area (Å²) in [6, 6.07) is 11.7. The van der Waals surface area contributed by atoms with Crippen molar-refractivity contribution in [1.29, 1.82) is 0 Å². The lowest BCUT2D eigenvalue weighted by Crippen LogP contribution is -2.39. The van der Waals surface area contributed by atoms with Crippen molar-refractivity contribution in [2.24, 2.45) is 0 Å². The van der Waals surface area contributed by atoms with E-state index in [0.717, 1.165) is 11.1 Å². The second-order valence-electron chi connectivity index (χ2n) is 6.05. The molecule has 0 radical (unpaired) electrons. The summed E-state index contributed by atoms with van der Waals surface area (Å²) in [5.41, 5.74) is 8.66. The Balaban J connectivity index is 2.10. The molecule has 4 N–H and O–H groups in total. The predicted octanol–water partition coefficient (Wildman–Crippen LogP) is 2.60. The summed E-state index contributed by atoms with van der Waals surface area (Å²) < 4.78 is 0. The van der Waals surface area contributed by atoms with E-state index in [-0.39, 0.29) is 11.5 Å². The van der Waals surface area contributed by atoms with Crippen molar-refractivity contribution < 1.29 is 14.4 Å². The van der Waals surface area contributed by atoms with E-state index in [0.29, 0.717) is 11.4 Å². The number of para-hydroxylation sites is 1. The molecule has 130 valence electrons. The molecule has 2 aromatic rings. The molecule has 0 aliphatic heterocycles. The molecule has 6 nitrogen and oxygen atoms in total. The Bertz CT molecular complexity index is 811. The highest BCUT2D eigenvalue weighted by Gasteiger charge is 2.20. The van der Waals surface area contributed by atoms with Gasteiger partial charge in [0.1, 0.15) is 0 Å². The summed E-state index contributed by atoms with van der Waals surface area (Å²) >= 11 is 0. The van der Waals surface area contributed by atoms with Gasteiger partial charge in [0.15, 0.2) is 0 Å². The second-order valence-corrected chi connectivity index (χ2v) is 6.05. The predicted molar refractivity (Wildman–Crippen MR) is 97.2 cm³/mol. The highest BCUT2D eigenvalue weighted by Crippen LogP contribution is 2.27. The fourth-order valence-corrected chi connectivity index (χ4v) is 2.38. The lowest BCUT2D eigenvalue weighted by molar-refractivity contribution is -0.135. The zero-order valence-corrected chi connectivity index (χ0v) is 14.4. The number of hydrogen-bond donors (Lipinski definition) is 3. The van der Waals surface area contributed by atoms with Crippen LogP contribution in [0, 0.1) is 6.92 Å². The number of benzene rings is 2. The molecule has 25 heavy (non-hydrogen) atoms. The Labute approximate surface area is 146 Å². The molecule has 0 aromatic heterocycles. The number of carbonyl (C=O) groups is 3.